The molecule has 0 amide bonds. The lowest BCUT2D eigenvalue weighted by Crippen LogP contribution is -2.43. The highest BCUT2D eigenvalue weighted by Crippen LogP contribution is 2.36. The van der Waals surface area contributed by atoms with Crippen molar-refractivity contribution in [2.24, 2.45) is 0 Å². The van der Waals surface area contributed by atoms with Crippen molar-refractivity contribution in [2.75, 3.05) is 36.4 Å². The van der Waals surface area contributed by atoms with Gasteiger partial charge in [-0.25, -0.2) is 15.0 Å². The number of benzene rings is 1. The Balaban J connectivity index is 1.33. The molecule has 7 heteroatoms. The van der Waals surface area contributed by atoms with Gasteiger partial charge in [0.2, 0.25) is 5.95 Å². The van der Waals surface area contributed by atoms with Crippen molar-refractivity contribution >= 4 is 39.3 Å². The summed E-state index contributed by atoms with van der Waals surface area (Å²) in [5.41, 5.74) is 4.44. The maximum atomic E-state index is 4.91. The Hall–Kier alpha value is -3.19. The van der Waals surface area contributed by atoms with Gasteiger partial charge in [-0.15, -0.1) is 0 Å². The molecule has 0 radical (unpaired) electrons. The first-order valence-electron chi connectivity index (χ1n) is 11.2. The summed E-state index contributed by atoms with van der Waals surface area (Å²) in [4.78, 5) is 16.6. The predicted molar refractivity (Wildman–Crippen MR) is 125 cm³/mol. The van der Waals surface area contributed by atoms with Crippen LogP contribution in [0.25, 0.3) is 21.8 Å². The smallest absolute Gasteiger partial charge is 0.228 e. The third-order valence-electron chi connectivity index (χ3n) is 6.65. The molecule has 1 aliphatic carbocycles. The number of hydrogen-bond acceptors (Lipinski definition) is 6. The van der Waals surface area contributed by atoms with Gasteiger partial charge in [0.05, 0.1) is 16.9 Å². The van der Waals surface area contributed by atoms with Gasteiger partial charge in [-0.2, -0.15) is 0 Å². The van der Waals surface area contributed by atoms with Crippen LogP contribution in [0.1, 0.15) is 31.0 Å². The minimum Gasteiger partial charge on any atom is -0.368 e. The van der Waals surface area contributed by atoms with Crippen LogP contribution < -0.4 is 15.5 Å². The van der Waals surface area contributed by atoms with Crippen LogP contribution in [-0.4, -0.2) is 45.7 Å². The van der Waals surface area contributed by atoms with Crippen molar-refractivity contribution in [2.45, 2.75) is 32.2 Å². The zero-order valence-corrected chi connectivity index (χ0v) is 17.8. The Morgan fingerprint density at radius 2 is 1.84 bits per heavy atom. The molecular formula is C24H27N7. The van der Waals surface area contributed by atoms with E-state index in [1.54, 1.807) is 0 Å². The van der Waals surface area contributed by atoms with Crippen molar-refractivity contribution in [1.82, 2.24) is 24.8 Å². The summed E-state index contributed by atoms with van der Waals surface area (Å²) in [5.74, 6) is 1.36. The number of pyridine rings is 1. The molecule has 4 aromatic rings. The fourth-order valence-corrected chi connectivity index (χ4v) is 4.75. The Bertz CT molecular complexity index is 1250. The molecule has 1 saturated carbocycles. The summed E-state index contributed by atoms with van der Waals surface area (Å²) in [6.07, 6.45) is 7.93. The molecular weight excluding hydrogens is 386 g/mol. The second-order valence-electron chi connectivity index (χ2n) is 8.61. The monoisotopic (exact) mass is 413 g/mol. The van der Waals surface area contributed by atoms with Gasteiger partial charge in [-0.3, -0.25) is 0 Å². The van der Waals surface area contributed by atoms with Gasteiger partial charge in [-0.1, -0.05) is 12.1 Å². The quantitative estimate of drug-likeness (QED) is 0.523. The van der Waals surface area contributed by atoms with E-state index in [9.17, 15) is 0 Å². The normalized spacial score (nSPS) is 17.3. The fraction of sp³-hybridized carbons (Fsp3) is 0.375. The number of nitrogens with zero attached hydrogens (tertiary/aromatic N) is 5. The van der Waals surface area contributed by atoms with Gasteiger partial charge in [-0.05, 0) is 44.4 Å². The Morgan fingerprint density at radius 3 is 2.61 bits per heavy atom. The molecule has 158 valence electrons. The van der Waals surface area contributed by atoms with Crippen molar-refractivity contribution in [3.05, 3.63) is 48.4 Å². The van der Waals surface area contributed by atoms with Gasteiger partial charge in [0.25, 0.3) is 0 Å². The first kappa shape index (κ1) is 18.6. The summed E-state index contributed by atoms with van der Waals surface area (Å²) in [5, 5.41) is 9.03. The van der Waals surface area contributed by atoms with E-state index in [0.717, 1.165) is 48.6 Å². The molecule has 2 aliphatic rings. The summed E-state index contributed by atoms with van der Waals surface area (Å²) >= 11 is 0. The molecule has 31 heavy (non-hydrogen) atoms. The minimum absolute atomic E-state index is 0.586. The van der Waals surface area contributed by atoms with Gasteiger partial charge < -0.3 is 20.1 Å². The molecule has 1 aliphatic heterocycles. The zero-order valence-electron chi connectivity index (χ0n) is 17.8. The summed E-state index contributed by atoms with van der Waals surface area (Å²) in [6.45, 7) is 6.13. The maximum Gasteiger partial charge on any atom is 0.228 e. The van der Waals surface area contributed by atoms with E-state index in [-0.39, 0.29) is 0 Å². The standard InChI is InChI=1S/C24H27N7/c1-16-20(30-13-10-25-11-14-30)7-8-21(27-16)28-24-26-15-18-6-5-17-9-12-31(19-3-2-4-19)23(17)22(18)29-24/h5-9,12,15,19,25H,2-4,10-11,13-14H2,1H3,(H,26,27,28,29). The van der Waals surface area contributed by atoms with Crippen LogP contribution in [0.2, 0.25) is 0 Å². The molecule has 3 aromatic heterocycles. The van der Waals surface area contributed by atoms with Gasteiger partial charge >= 0.3 is 0 Å². The van der Waals surface area contributed by atoms with Crippen LogP contribution in [-0.2, 0) is 0 Å². The third kappa shape index (κ3) is 3.29. The van der Waals surface area contributed by atoms with Crippen LogP contribution >= 0.6 is 0 Å². The second kappa shape index (κ2) is 7.50. The number of hydrogen-bond donors (Lipinski definition) is 2. The lowest BCUT2D eigenvalue weighted by atomic mass is 9.93. The van der Waals surface area contributed by atoms with Gasteiger partial charge in [0.1, 0.15) is 11.3 Å². The summed E-state index contributed by atoms with van der Waals surface area (Å²) in [7, 11) is 0. The first-order chi connectivity index (χ1) is 15.3. The van der Waals surface area contributed by atoms with Crippen molar-refractivity contribution in [3.63, 3.8) is 0 Å². The molecule has 0 atom stereocenters. The fourth-order valence-electron chi connectivity index (χ4n) is 4.75. The minimum atomic E-state index is 0.586. The highest BCUT2D eigenvalue weighted by molar-refractivity contribution is 6.03. The topological polar surface area (TPSA) is 70.9 Å². The number of rotatable bonds is 4. The Kier molecular flexibility index (Phi) is 4.49. The largest absolute Gasteiger partial charge is 0.368 e. The van der Waals surface area contributed by atoms with E-state index in [1.165, 1.54) is 35.9 Å². The average molecular weight is 414 g/mol. The molecule has 4 heterocycles. The predicted octanol–water partition coefficient (Wildman–Crippen LogP) is 4.17. The Labute approximate surface area is 181 Å². The van der Waals surface area contributed by atoms with E-state index < -0.39 is 0 Å². The van der Waals surface area contributed by atoms with E-state index >= 15 is 0 Å². The lowest BCUT2D eigenvalue weighted by Gasteiger charge is -2.30. The molecule has 2 fully saturated rings. The van der Waals surface area contributed by atoms with Crippen LogP contribution in [0.15, 0.2) is 42.7 Å². The number of aryl methyl sites for hydroxylation is 1. The van der Waals surface area contributed by atoms with E-state index in [0.29, 0.717) is 12.0 Å². The molecule has 6 rings (SSSR count). The molecule has 0 unspecified atom stereocenters. The molecule has 1 saturated heterocycles. The van der Waals surface area contributed by atoms with Crippen LogP contribution in [0.4, 0.5) is 17.5 Å². The van der Waals surface area contributed by atoms with Crippen LogP contribution in [0, 0.1) is 6.92 Å². The number of fused-ring (bicyclic) bond motifs is 3. The highest BCUT2D eigenvalue weighted by atomic mass is 15.2. The lowest BCUT2D eigenvalue weighted by molar-refractivity contribution is 0.322. The second-order valence-corrected chi connectivity index (χ2v) is 8.61. The van der Waals surface area contributed by atoms with Crippen molar-refractivity contribution in [3.8, 4) is 0 Å². The van der Waals surface area contributed by atoms with E-state index in [4.69, 9.17) is 9.97 Å². The number of anilines is 3. The SMILES string of the molecule is Cc1nc(Nc2ncc3ccc4ccn(C5CCC5)c4c3n2)ccc1N1CCNCC1. The number of piperazine rings is 1. The third-order valence-corrected chi connectivity index (χ3v) is 6.65. The Morgan fingerprint density at radius 1 is 1.00 bits per heavy atom. The molecule has 1 aromatic carbocycles. The van der Waals surface area contributed by atoms with E-state index in [2.05, 4.69) is 62.5 Å². The first-order valence-corrected chi connectivity index (χ1v) is 11.2. The maximum absolute atomic E-state index is 4.91. The average Bonchev–Trinajstić information content (AvgIpc) is 3.17. The summed E-state index contributed by atoms with van der Waals surface area (Å²) in [6, 6.07) is 11.2. The zero-order chi connectivity index (χ0) is 20.8. The highest BCUT2D eigenvalue weighted by Gasteiger charge is 2.22. The van der Waals surface area contributed by atoms with Crippen molar-refractivity contribution in [1.29, 1.82) is 0 Å². The number of nitrogens with one attached hydrogen (secondary N) is 2. The van der Waals surface area contributed by atoms with Crippen LogP contribution in [0.3, 0.4) is 0 Å². The van der Waals surface area contributed by atoms with Crippen molar-refractivity contribution < 1.29 is 0 Å². The molecule has 7 nitrogen and oxygen atoms in total. The summed E-state index contributed by atoms with van der Waals surface area (Å²) < 4.78 is 2.41. The number of aromatic nitrogens is 4. The van der Waals surface area contributed by atoms with E-state index in [1.807, 2.05) is 12.3 Å². The van der Waals surface area contributed by atoms with Crippen LogP contribution in [0.5, 0.6) is 0 Å². The molecule has 0 spiro atoms. The molecule has 2 N–H and O–H groups in total. The van der Waals surface area contributed by atoms with Gasteiger partial charge in [0, 0.05) is 55.4 Å². The molecule has 0 bridgehead atoms. The van der Waals surface area contributed by atoms with Gasteiger partial charge in [0.15, 0.2) is 0 Å².